The normalized spacial score (nSPS) is 28.8. The summed E-state index contributed by atoms with van der Waals surface area (Å²) in [4.78, 5) is 71.0. The summed E-state index contributed by atoms with van der Waals surface area (Å²) in [6.07, 6.45) is 1.71. The maximum atomic E-state index is 14.9. The molecule has 5 atom stereocenters. The molecule has 3 fully saturated rings. The second-order valence-electron chi connectivity index (χ2n) is 15.6. The first-order chi connectivity index (χ1) is 24.0. The molecular formula is C35H48FN5O9S. The van der Waals surface area contributed by atoms with Crippen LogP contribution in [0.4, 0.5) is 14.0 Å². The van der Waals surface area contributed by atoms with Crippen LogP contribution in [0, 0.1) is 17.2 Å². The SMILES string of the molecule is CC[C@@H]1C[C@]1(NC(=O)[C@@H]1C[C@@H]2CN1C(=O)[C@H](C(C)(C)C)NC(=O)OCCCCCc1ccc(F)c3c1CN(C3)C(=O)O2)C(=O)NS(=O)(=O)C1CC1. The van der Waals surface area contributed by atoms with Crippen LogP contribution in [-0.4, -0.2) is 90.3 Å². The highest BCUT2D eigenvalue weighted by Crippen LogP contribution is 2.47. The van der Waals surface area contributed by atoms with E-state index in [1.54, 1.807) is 26.8 Å². The lowest BCUT2D eigenvalue weighted by Crippen LogP contribution is -2.60. The lowest BCUT2D eigenvalue weighted by molar-refractivity contribution is -0.143. The Morgan fingerprint density at radius 3 is 2.47 bits per heavy atom. The van der Waals surface area contributed by atoms with Gasteiger partial charge in [-0.2, -0.15) is 0 Å². The summed E-state index contributed by atoms with van der Waals surface area (Å²) in [5.41, 5.74) is -0.245. The first-order valence-corrected chi connectivity index (χ1v) is 19.4. The van der Waals surface area contributed by atoms with Gasteiger partial charge in [-0.3, -0.25) is 24.0 Å². The van der Waals surface area contributed by atoms with E-state index in [1.165, 1.54) is 15.9 Å². The van der Waals surface area contributed by atoms with E-state index >= 15 is 0 Å². The van der Waals surface area contributed by atoms with Crippen LogP contribution < -0.4 is 15.4 Å². The van der Waals surface area contributed by atoms with E-state index in [4.69, 9.17) is 9.47 Å². The second-order valence-corrected chi connectivity index (χ2v) is 17.6. The minimum atomic E-state index is -3.89. The Labute approximate surface area is 297 Å². The van der Waals surface area contributed by atoms with Crippen molar-refractivity contribution < 1.29 is 46.3 Å². The molecule has 6 rings (SSSR count). The summed E-state index contributed by atoms with van der Waals surface area (Å²) < 4.78 is 53.7. The third-order valence-electron chi connectivity index (χ3n) is 10.8. The number of fused-ring (bicyclic) bond motifs is 3. The van der Waals surface area contributed by atoms with Crippen LogP contribution in [0.5, 0.6) is 0 Å². The monoisotopic (exact) mass is 733 g/mol. The molecule has 0 aromatic heterocycles. The van der Waals surface area contributed by atoms with Gasteiger partial charge in [-0.1, -0.05) is 40.2 Å². The Bertz CT molecular complexity index is 1710. The van der Waals surface area contributed by atoms with E-state index < -0.39 is 80.1 Å². The summed E-state index contributed by atoms with van der Waals surface area (Å²) in [6, 6.07) is 0.750. The molecule has 0 unspecified atom stereocenters. The molecule has 14 nitrogen and oxygen atoms in total. The predicted octanol–water partition coefficient (Wildman–Crippen LogP) is 3.01. The molecular weight excluding hydrogens is 685 g/mol. The van der Waals surface area contributed by atoms with Gasteiger partial charge in [0.2, 0.25) is 21.8 Å². The van der Waals surface area contributed by atoms with Gasteiger partial charge in [0.25, 0.3) is 5.91 Å². The van der Waals surface area contributed by atoms with Gasteiger partial charge < -0.3 is 25.0 Å². The number of hydrogen-bond donors (Lipinski definition) is 3. The third kappa shape index (κ3) is 7.65. The van der Waals surface area contributed by atoms with Crippen LogP contribution in [0.25, 0.3) is 0 Å². The summed E-state index contributed by atoms with van der Waals surface area (Å²) in [7, 11) is -3.89. The summed E-state index contributed by atoms with van der Waals surface area (Å²) >= 11 is 0. The standard InChI is InChI=1S/C35H48FN5O9S/c1-5-21-16-35(21,31(44)39-51(47,48)23-11-12-23)38-29(42)27-15-22-17-41(27)30(43)28(34(2,3)4)37-32(45)49-14-8-6-7-9-20-10-13-26(36)25-19-40(18-24(20)25)33(46)50-22/h10,13,21-23,27-28H,5-9,11-12,14-19H2,1-4H3,(H,37,45)(H,38,42)(H,39,44)/t21-,22-,27+,28-,35-/m1/s1. The zero-order chi connectivity index (χ0) is 36.9. The smallest absolute Gasteiger partial charge is 0.410 e. The molecule has 0 radical (unpaired) electrons. The van der Waals surface area contributed by atoms with Gasteiger partial charge in [0.1, 0.15) is 29.5 Å². The van der Waals surface area contributed by atoms with Crippen LogP contribution in [0.15, 0.2) is 12.1 Å². The highest BCUT2D eigenvalue weighted by molar-refractivity contribution is 7.91. The van der Waals surface area contributed by atoms with Crippen LogP contribution >= 0.6 is 0 Å². The fourth-order valence-electron chi connectivity index (χ4n) is 7.50. The van der Waals surface area contributed by atoms with Gasteiger partial charge in [0, 0.05) is 12.0 Å². The van der Waals surface area contributed by atoms with Crippen molar-refractivity contribution in [2.24, 2.45) is 11.3 Å². The number of ether oxygens (including phenoxy) is 2. The molecule has 4 bridgehead atoms. The number of nitrogens with zero attached hydrogens (tertiary/aromatic N) is 2. The van der Waals surface area contributed by atoms with Crippen LogP contribution in [0.3, 0.4) is 0 Å². The number of carbonyl (C=O) groups is 5. The first kappa shape index (κ1) is 36.8. The maximum Gasteiger partial charge on any atom is 0.410 e. The number of carbonyl (C=O) groups excluding carboxylic acids is 5. The number of rotatable bonds is 6. The van der Waals surface area contributed by atoms with Crippen LogP contribution in [0.1, 0.15) is 95.8 Å². The van der Waals surface area contributed by atoms with E-state index in [0.29, 0.717) is 37.7 Å². The van der Waals surface area contributed by atoms with Gasteiger partial charge in [0.05, 0.1) is 31.5 Å². The summed E-state index contributed by atoms with van der Waals surface area (Å²) in [6.45, 7) is 7.16. The number of cyclic esters (lactones) is 1. The average Bonchev–Trinajstić information content (AvgIpc) is 3.95. The number of halogens is 1. The van der Waals surface area contributed by atoms with Crippen molar-refractivity contribution in [1.29, 1.82) is 0 Å². The van der Waals surface area contributed by atoms with E-state index in [-0.39, 0.29) is 45.0 Å². The molecule has 3 N–H and O–H groups in total. The number of amides is 5. The first-order valence-electron chi connectivity index (χ1n) is 17.9. The quantitative estimate of drug-likeness (QED) is 0.396. The molecule has 0 spiro atoms. The maximum absolute atomic E-state index is 14.9. The molecule has 280 valence electrons. The Balaban J connectivity index is 1.27. The highest BCUT2D eigenvalue weighted by Gasteiger charge is 2.62. The molecule has 2 saturated carbocycles. The Morgan fingerprint density at radius 2 is 1.80 bits per heavy atom. The van der Waals surface area contributed by atoms with E-state index in [1.807, 2.05) is 6.92 Å². The number of aryl methyl sites for hydroxylation is 1. The van der Waals surface area contributed by atoms with Crippen molar-refractivity contribution in [1.82, 2.24) is 25.2 Å². The molecule has 2 aliphatic carbocycles. The lowest BCUT2D eigenvalue weighted by atomic mass is 9.85. The van der Waals surface area contributed by atoms with Gasteiger partial charge >= 0.3 is 12.2 Å². The van der Waals surface area contributed by atoms with Crippen molar-refractivity contribution in [3.63, 3.8) is 0 Å². The number of alkyl carbamates (subject to hydrolysis) is 1. The van der Waals surface area contributed by atoms with Crippen molar-refractivity contribution >= 4 is 39.9 Å². The number of benzene rings is 1. The topological polar surface area (TPSA) is 181 Å². The molecule has 3 aliphatic heterocycles. The Hall–Kier alpha value is -3.95. The summed E-state index contributed by atoms with van der Waals surface area (Å²) in [5.74, 6) is -2.90. The molecule has 1 aromatic rings. The molecule has 3 heterocycles. The van der Waals surface area contributed by atoms with Crippen molar-refractivity contribution in [3.8, 4) is 0 Å². The average molecular weight is 734 g/mol. The minimum Gasteiger partial charge on any atom is -0.450 e. The Morgan fingerprint density at radius 1 is 1.08 bits per heavy atom. The van der Waals surface area contributed by atoms with Crippen LogP contribution in [-0.2, 0) is 53.4 Å². The lowest BCUT2D eigenvalue weighted by Gasteiger charge is -2.35. The van der Waals surface area contributed by atoms with E-state index in [2.05, 4.69) is 15.4 Å². The van der Waals surface area contributed by atoms with Crippen molar-refractivity contribution in [3.05, 3.63) is 34.6 Å². The molecule has 5 aliphatic rings. The zero-order valence-corrected chi connectivity index (χ0v) is 30.4. The fraction of sp³-hybridized carbons (Fsp3) is 0.686. The second kappa shape index (κ2) is 13.9. The van der Waals surface area contributed by atoms with Gasteiger partial charge in [-0.25, -0.2) is 22.4 Å². The van der Waals surface area contributed by atoms with Gasteiger partial charge in [-0.05, 0) is 73.5 Å². The molecule has 16 heteroatoms. The van der Waals surface area contributed by atoms with E-state index in [9.17, 15) is 36.8 Å². The number of nitrogens with one attached hydrogen (secondary N) is 3. The molecule has 1 aromatic carbocycles. The molecule has 1 saturated heterocycles. The van der Waals surface area contributed by atoms with Gasteiger partial charge in [0.15, 0.2) is 0 Å². The van der Waals surface area contributed by atoms with Crippen LogP contribution in [0.2, 0.25) is 0 Å². The fourth-order valence-corrected chi connectivity index (χ4v) is 8.87. The third-order valence-corrected chi connectivity index (χ3v) is 12.6. The Kier molecular flexibility index (Phi) is 10.0. The predicted molar refractivity (Wildman–Crippen MR) is 181 cm³/mol. The van der Waals surface area contributed by atoms with Crippen molar-refractivity contribution in [2.75, 3.05) is 13.2 Å². The van der Waals surface area contributed by atoms with E-state index in [0.717, 1.165) is 24.0 Å². The molecule has 5 amide bonds. The highest BCUT2D eigenvalue weighted by atomic mass is 32.2. The largest absolute Gasteiger partial charge is 0.450 e. The van der Waals surface area contributed by atoms with Crippen molar-refractivity contribution in [2.45, 2.75) is 128 Å². The van der Waals surface area contributed by atoms with Gasteiger partial charge in [-0.15, -0.1) is 0 Å². The number of sulfonamides is 1. The summed E-state index contributed by atoms with van der Waals surface area (Å²) in [5, 5.41) is 4.81. The minimum absolute atomic E-state index is 0.0128. The number of hydrogen-bond acceptors (Lipinski definition) is 9. The molecule has 51 heavy (non-hydrogen) atoms. The zero-order valence-electron chi connectivity index (χ0n) is 29.6.